The Balaban J connectivity index is 0. The molecule has 0 aromatic carbocycles. The molecule has 1 N–H and O–H groups in total. The Labute approximate surface area is 200 Å². The lowest BCUT2D eigenvalue weighted by molar-refractivity contribution is -0.900. The van der Waals surface area contributed by atoms with E-state index in [-0.39, 0.29) is 12.4 Å². The molecule has 0 heterocycles. The summed E-state index contributed by atoms with van der Waals surface area (Å²) in [6.45, 7) is 21.5. The zero-order chi connectivity index (χ0) is 22.7. The van der Waals surface area contributed by atoms with E-state index in [0.717, 1.165) is 38.0 Å². The van der Waals surface area contributed by atoms with Gasteiger partial charge in [-0.2, -0.15) is 0 Å². The zero-order valence-electron chi connectivity index (χ0n) is 21.2. The van der Waals surface area contributed by atoms with Crippen molar-refractivity contribution >= 4 is 17.6 Å². The van der Waals surface area contributed by atoms with Crippen LogP contribution in [0, 0.1) is 0 Å². The summed E-state index contributed by atoms with van der Waals surface area (Å²) in [5, 5.41) is 0. The Morgan fingerprint density at radius 3 is 1.00 bits per heavy atom. The molecule has 0 aromatic heterocycles. The Bertz CT molecular complexity index is 333. The SMILES string of the molecule is CCC[NH+](CCC[Si](OCC)(OCC)OCC)CCC[Si](OCC)(OCC)OCC.[Cl-]. The molecule has 0 rings (SSSR count). The van der Waals surface area contributed by atoms with Crippen molar-refractivity contribution in [3.05, 3.63) is 0 Å². The number of quaternary nitrogens is 1. The molecule has 0 aliphatic rings. The van der Waals surface area contributed by atoms with E-state index in [1.54, 1.807) is 4.90 Å². The quantitative estimate of drug-likeness (QED) is 0.212. The molecule has 0 unspecified atom stereocenters. The van der Waals surface area contributed by atoms with E-state index in [2.05, 4.69) is 6.92 Å². The van der Waals surface area contributed by atoms with Crippen molar-refractivity contribution in [1.29, 1.82) is 0 Å². The van der Waals surface area contributed by atoms with Gasteiger partial charge >= 0.3 is 17.6 Å². The van der Waals surface area contributed by atoms with E-state index in [0.29, 0.717) is 39.6 Å². The molecule has 0 fully saturated rings. The predicted octanol–water partition coefficient (Wildman–Crippen LogP) is 0.162. The number of nitrogens with one attached hydrogen (secondary N) is 1. The van der Waals surface area contributed by atoms with Crippen LogP contribution < -0.4 is 17.3 Å². The van der Waals surface area contributed by atoms with Crippen LogP contribution in [-0.4, -0.2) is 76.9 Å². The first-order valence-corrected chi connectivity index (χ1v) is 16.0. The molecule has 0 saturated heterocycles. The second-order valence-electron chi connectivity index (χ2n) is 7.17. The van der Waals surface area contributed by atoms with E-state index < -0.39 is 17.6 Å². The average Bonchev–Trinajstić information content (AvgIpc) is 2.69. The lowest BCUT2D eigenvalue weighted by Crippen LogP contribution is -3.12. The highest BCUT2D eigenvalue weighted by Gasteiger charge is 2.41. The molecule has 0 saturated carbocycles. The summed E-state index contributed by atoms with van der Waals surface area (Å²) >= 11 is 0. The zero-order valence-corrected chi connectivity index (χ0v) is 24.0. The van der Waals surface area contributed by atoms with Crippen LogP contribution in [0.15, 0.2) is 0 Å². The molecule has 10 heteroatoms. The lowest BCUT2D eigenvalue weighted by Gasteiger charge is -2.30. The van der Waals surface area contributed by atoms with E-state index in [1.807, 2.05) is 41.5 Å². The van der Waals surface area contributed by atoms with Gasteiger partial charge < -0.3 is 43.9 Å². The van der Waals surface area contributed by atoms with Crippen molar-refractivity contribution in [1.82, 2.24) is 0 Å². The Morgan fingerprint density at radius 1 is 0.484 bits per heavy atom. The minimum atomic E-state index is -2.55. The molecule has 0 atom stereocenters. The summed E-state index contributed by atoms with van der Waals surface area (Å²) in [6, 6.07) is 1.76. The van der Waals surface area contributed by atoms with Crippen LogP contribution in [0.25, 0.3) is 0 Å². The summed E-state index contributed by atoms with van der Waals surface area (Å²) in [4.78, 5) is 1.61. The van der Waals surface area contributed by atoms with Crippen molar-refractivity contribution in [2.45, 2.75) is 79.8 Å². The van der Waals surface area contributed by atoms with Crippen molar-refractivity contribution < 1.29 is 43.9 Å². The first-order chi connectivity index (χ1) is 14.5. The Kier molecular flexibility index (Phi) is 22.8. The first-order valence-electron chi connectivity index (χ1n) is 12.2. The fourth-order valence-electron chi connectivity index (χ4n) is 3.84. The molecule has 0 bridgehead atoms. The van der Waals surface area contributed by atoms with Gasteiger partial charge in [-0.3, -0.25) is 0 Å². The van der Waals surface area contributed by atoms with Crippen LogP contribution in [0.4, 0.5) is 0 Å². The average molecular weight is 504 g/mol. The van der Waals surface area contributed by atoms with Gasteiger partial charge in [0.25, 0.3) is 0 Å². The van der Waals surface area contributed by atoms with Crippen LogP contribution in [0.1, 0.15) is 67.7 Å². The van der Waals surface area contributed by atoms with Gasteiger partial charge in [0.05, 0.1) is 19.6 Å². The van der Waals surface area contributed by atoms with Crippen LogP contribution in [-0.2, 0) is 26.6 Å². The number of halogens is 1. The third kappa shape index (κ3) is 14.3. The molecule has 0 amide bonds. The van der Waals surface area contributed by atoms with Crippen LogP contribution in [0.3, 0.4) is 0 Å². The minimum absolute atomic E-state index is 0. The van der Waals surface area contributed by atoms with Crippen molar-refractivity contribution in [3.63, 3.8) is 0 Å². The Morgan fingerprint density at radius 2 is 0.774 bits per heavy atom. The van der Waals surface area contributed by atoms with Gasteiger partial charge in [-0.05, 0) is 48.0 Å². The molecule has 0 aromatic rings. The molecule has 0 aliphatic carbocycles. The van der Waals surface area contributed by atoms with E-state index in [1.165, 1.54) is 13.0 Å². The highest BCUT2D eigenvalue weighted by atomic mass is 35.5. The van der Waals surface area contributed by atoms with Gasteiger partial charge in [-0.1, -0.05) is 6.92 Å². The van der Waals surface area contributed by atoms with Gasteiger partial charge in [0.2, 0.25) is 0 Å². The van der Waals surface area contributed by atoms with Crippen molar-refractivity contribution in [3.8, 4) is 0 Å². The smallest absolute Gasteiger partial charge is 0.501 e. The third-order valence-corrected chi connectivity index (χ3v) is 11.1. The largest absolute Gasteiger partial charge is 1.00 e. The van der Waals surface area contributed by atoms with Crippen molar-refractivity contribution in [2.75, 3.05) is 59.3 Å². The molecule has 0 radical (unpaired) electrons. The normalized spacial score (nSPS) is 12.4. The summed E-state index contributed by atoms with van der Waals surface area (Å²) in [5.41, 5.74) is 0. The lowest BCUT2D eigenvalue weighted by atomic mass is 10.3. The van der Waals surface area contributed by atoms with Crippen LogP contribution in [0.5, 0.6) is 0 Å². The molecule has 0 aliphatic heterocycles. The predicted molar refractivity (Wildman–Crippen MR) is 126 cm³/mol. The summed E-state index contributed by atoms with van der Waals surface area (Å²) in [7, 11) is -5.09. The monoisotopic (exact) mass is 503 g/mol. The molecule has 31 heavy (non-hydrogen) atoms. The highest BCUT2D eigenvalue weighted by Crippen LogP contribution is 2.19. The first kappa shape index (κ1) is 33.6. The molecule has 0 spiro atoms. The van der Waals surface area contributed by atoms with Gasteiger partial charge in [0.1, 0.15) is 0 Å². The number of hydrogen-bond acceptors (Lipinski definition) is 6. The molecule has 190 valence electrons. The van der Waals surface area contributed by atoms with Crippen LogP contribution in [0.2, 0.25) is 12.1 Å². The van der Waals surface area contributed by atoms with Gasteiger partial charge in [0.15, 0.2) is 0 Å². The minimum Gasteiger partial charge on any atom is -1.00 e. The topological polar surface area (TPSA) is 59.8 Å². The van der Waals surface area contributed by atoms with Crippen molar-refractivity contribution in [2.24, 2.45) is 0 Å². The molecular formula is C21H50ClNO6Si2. The molecular weight excluding hydrogens is 454 g/mol. The maximum atomic E-state index is 6.00. The van der Waals surface area contributed by atoms with Crippen LogP contribution >= 0.6 is 0 Å². The third-order valence-electron chi connectivity index (χ3n) is 4.82. The van der Waals surface area contributed by atoms with Gasteiger partial charge in [0, 0.05) is 64.6 Å². The van der Waals surface area contributed by atoms with E-state index in [9.17, 15) is 0 Å². The summed E-state index contributed by atoms with van der Waals surface area (Å²) in [5.74, 6) is 0. The summed E-state index contributed by atoms with van der Waals surface area (Å²) < 4.78 is 36.0. The number of rotatable bonds is 22. The fourth-order valence-corrected chi connectivity index (χ4v) is 9.07. The maximum Gasteiger partial charge on any atom is 0.501 e. The highest BCUT2D eigenvalue weighted by molar-refractivity contribution is 6.61. The molecule has 7 nitrogen and oxygen atoms in total. The maximum absolute atomic E-state index is 6.00. The van der Waals surface area contributed by atoms with E-state index in [4.69, 9.17) is 26.6 Å². The second kappa shape index (κ2) is 21.0. The fraction of sp³-hybridized carbons (Fsp3) is 1.00. The Hall–Kier alpha value is 0.444. The van der Waals surface area contributed by atoms with Gasteiger partial charge in [-0.25, -0.2) is 0 Å². The van der Waals surface area contributed by atoms with E-state index >= 15 is 0 Å². The standard InChI is InChI=1S/C21H49NO6Si2.ClH/c1-8-17-22(18-15-20-29(23-9-2,24-10-3)25-11-4)19-16-21-30(26-12-5,27-13-6)28-14-7;/h8-21H2,1-7H3;1H. The summed E-state index contributed by atoms with van der Waals surface area (Å²) in [6.07, 6.45) is 3.27. The number of hydrogen-bond donors (Lipinski definition) is 1. The van der Waals surface area contributed by atoms with Gasteiger partial charge in [-0.15, -0.1) is 0 Å². The second-order valence-corrected chi connectivity index (χ2v) is 12.6.